The Kier molecular flexibility index (Phi) is 4.67. The first-order chi connectivity index (χ1) is 14.0. The van der Waals surface area contributed by atoms with Crippen molar-refractivity contribution in [3.8, 4) is 5.75 Å². The number of anilines is 2. The number of fused-ring (bicyclic) bond motifs is 2. The van der Waals surface area contributed by atoms with Crippen LogP contribution in [-0.2, 0) is 24.4 Å². The third kappa shape index (κ3) is 3.28. The van der Waals surface area contributed by atoms with Crippen molar-refractivity contribution in [3.05, 3.63) is 36.3 Å². The van der Waals surface area contributed by atoms with Gasteiger partial charge in [0.05, 0.1) is 13.7 Å². The quantitative estimate of drug-likeness (QED) is 0.343. The molecule has 0 atom stereocenters. The molecular formula is C19H23N8O2+. The second-order valence-corrected chi connectivity index (χ2v) is 6.59. The number of carbonyl (C=O) groups is 1. The maximum atomic E-state index is 11.7. The van der Waals surface area contributed by atoms with Gasteiger partial charge in [0.15, 0.2) is 34.9 Å². The van der Waals surface area contributed by atoms with Crippen molar-refractivity contribution < 1.29 is 14.1 Å². The molecule has 10 heteroatoms. The van der Waals surface area contributed by atoms with Crippen LogP contribution in [0.2, 0.25) is 0 Å². The minimum atomic E-state index is -0.421. The van der Waals surface area contributed by atoms with Gasteiger partial charge in [-0.25, -0.2) is 19.1 Å². The van der Waals surface area contributed by atoms with Gasteiger partial charge in [0, 0.05) is 12.3 Å². The van der Waals surface area contributed by atoms with E-state index in [2.05, 4.69) is 24.8 Å². The number of rotatable bonds is 7. The van der Waals surface area contributed by atoms with Gasteiger partial charge in [-0.3, -0.25) is 4.79 Å². The molecule has 0 spiro atoms. The number of nitrogens with zero attached hydrogens (tertiary/aromatic N) is 4. The summed E-state index contributed by atoms with van der Waals surface area (Å²) in [7, 11) is 1.62. The number of imidazole rings is 1. The lowest BCUT2D eigenvalue weighted by Crippen LogP contribution is -2.44. The predicted molar refractivity (Wildman–Crippen MR) is 109 cm³/mol. The van der Waals surface area contributed by atoms with Crippen LogP contribution >= 0.6 is 0 Å². The van der Waals surface area contributed by atoms with Crippen LogP contribution in [-0.4, -0.2) is 32.5 Å². The molecular weight excluding hydrogens is 372 g/mol. The van der Waals surface area contributed by atoms with E-state index in [1.807, 2.05) is 35.8 Å². The summed E-state index contributed by atoms with van der Waals surface area (Å²) in [4.78, 5) is 23.6. The molecule has 10 nitrogen and oxygen atoms in total. The highest BCUT2D eigenvalue weighted by molar-refractivity contribution is 5.78. The van der Waals surface area contributed by atoms with Crippen molar-refractivity contribution in [1.82, 2.24) is 19.5 Å². The van der Waals surface area contributed by atoms with E-state index < -0.39 is 5.91 Å². The van der Waals surface area contributed by atoms with Crippen molar-refractivity contribution >= 4 is 39.7 Å². The van der Waals surface area contributed by atoms with Crippen LogP contribution in [0.25, 0.3) is 22.2 Å². The molecule has 0 unspecified atom stereocenters. The van der Waals surface area contributed by atoms with Crippen LogP contribution in [0.15, 0.2) is 30.5 Å². The fourth-order valence-electron chi connectivity index (χ4n) is 3.55. The molecule has 0 fully saturated rings. The summed E-state index contributed by atoms with van der Waals surface area (Å²) in [5.74, 6) is 1.96. The minimum Gasteiger partial charge on any atom is -0.497 e. The highest BCUT2D eigenvalue weighted by atomic mass is 16.5. The third-order valence-electron chi connectivity index (χ3n) is 4.84. The Morgan fingerprint density at radius 2 is 2.17 bits per heavy atom. The molecule has 0 bridgehead atoms. The summed E-state index contributed by atoms with van der Waals surface area (Å²) in [5, 5.41) is 3.25. The number of hydrogen-bond donors (Lipinski definition) is 4. The van der Waals surface area contributed by atoms with Gasteiger partial charge in [0.1, 0.15) is 17.8 Å². The smallest absolute Gasteiger partial charge is 0.277 e. The maximum absolute atomic E-state index is 11.7. The number of amides is 1. The summed E-state index contributed by atoms with van der Waals surface area (Å²) < 4.78 is 9.36. The number of aromatic amines is 1. The molecule has 0 aliphatic heterocycles. The molecule has 0 saturated carbocycles. The van der Waals surface area contributed by atoms with E-state index in [4.69, 9.17) is 16.2 Å². The summed E-state index contributed by atoms with van der Waals surface area (Å²) in [6.07, 6.45) is 1.76. The molecule has 0 aliphatic carbocycles. The lowest BCUT2D eigenvalue weighted by atomic mass is 10.3. The Hall–Kier alpha value is -3.82. The van der Waals surface area contributed by atoms with Crippen molar-refractivity contribution in [1.29, 1.82) is 0 Å². The molecule has 150 valence electrons. The number of nitrogen functional groups attached to an aromatic ring is 1. The molecule has 1 aromatic carbocycles. The van der Waals surface area contributed by atoms with Gasteiger partial charge in [-0.2, -0.15) is 0 Å². The van der Waals surface area contributed by atoms with Gasteiger partial charge in [0.25, 0.3) is 11.7 Å². The van der Waals surface area contributed by atoms with E-state index in [0.717, 1.165) is 22.6 Å². The van der Waals surface area contributed by atoms with Gasteiger partial charge < -0.3 is 26.5 Å². The van der Waals surface area contributed by atoms with Gasteiger partial charge in [-0.1, -0.05) is 0 Å². The summed E-state index contributed by atoms with van der Waals surface area (Å²) in [5.41, 5.74) is 14.8. The molecule has 0 aliphatic rings. The van der Waals surface area contributed by atoms with E-state index in [9.17, 15) is 4.79 Å². The Morgan fingerprint density at radius 3 is 2.90 bits per heavy atom. The van der Waals surface area contributed by atoms with Crippen LogP contribution in [0.4, 0.5) is 11.6 Å². The Balaban J connectivity index is 1.78. The lowest BCUT2D eigenvalue weighted by molar-refractivity contribution is -0.666. The van der Waals surface area contributed by atoms with Crippen molar-refractivity contribution in [2.45, 2.75) is 26.6 Å². The fraction of sp³-hybridized carbons (Fsp3) is 0.263. The Bertz CT molecular complexity index is 1210. The van der Waals surface area contributed by atoms with Gasteiger partial charge in [-0.15, -0.1) is 0 Å². The van der Waals surface area contributed by atoms with Crippen LogP contribution in [0.5, 0.6) is 5.75 Å². The molecule has 3 aromatic heterocycles. The second-order valence-electron chi connectivity index (χ2n) is 6.59. The van der Waals surface area contributed by atoms with Crippen LogP contribution < -0.4 is 26.1 Å². The largest absolute Gasteiger partial charge is 0.497 e. The topological polar surface area (TPSA) is 141 Å². The Labute approximate surface area is 166 Å². The number of primary amides is 1. The standard InChI is InChI=1S/C19H22N8O2/c1-3-26-14-8-11(29-2)4-5-13(14)27(10-15(20)28)16(26)9-23-19-17(21)25-18-12(24-19)6-7-22-18/h4-8H,3,9-10H2,1-2H3,(H5-,20,21,22,23,24,25,28)/p+1. The number of aromatic nitrogens is 5. The fourth-order valence-corrected chi connectivity index (χ4v) is 3.55. The molecule has 4 rings (SSSR count). The first-order valence-electron chi connectivity index (χ1n) is 9.23. The normalized spacial score (nSPS) is 11.2. The van der Waals surface area contributed by atoms with Crippen molar-refractivity contribution in [2.75, 3.05) is 18.2 Å². The number of carbonyl (C=O) groups excluding carboxylic acids is 1. The van der Waals surface area contributed by atoms with E-state index in [1.165, 1.54) is 0 Å². The molecule has 6 N–H and O–H groups in total. The number of aryl methyl sites for hydroxylation is 1. The van der Waals surface area contributed by atoms with Gasteiger partial charge in [0.2, 0.25) is 0 Å². The zero-order chi connectivity index (χ0) is 20.5. The number of nitrogens with one attached hydrogen (secondary N) is 2. The van der Waals surface area contributed by atoms with Crippen molar-refractivity contribution in [3.63, 3.8) is 0 Å². The number of nitrogens with two attached hydrogens (primary N) is 2. The average Bonchev–Trinajstić information content (AvgIpc) is 3.27. The van der Waals surface area contributed by atoms with E-state index >= 15 is 0 Å². The molecule has 4 aromatic rings. The minimum absolute atomic E-state index is 0.0604. The third-order valence-corrected chi connectivity index (χ3v) is 4.84. The lowest BCUT2D eigenvalue weighted by Gasteiger charge is -2.08. The van der Waals surface area contributed by atoms with Crippen LogP contribution in [0.1, 0.15) is 12.7 Å². The number of ether oxygens (including phenoxy) is 1. The van der Waals surface area contributed by atoms with E-state index in [-0.39, 0.29) is 6.54 Å². The molecule has 1 amide bonds. The molecule has 3 heterocycles. The predicted octanol–water partition coefficient (Wildman–Crippen LogP) is 0.908. The highest BCUT2D eigenvalue weighted by Crippen LogP contribution is 2.23. The number of hydrogen-bond acceptors (Lipinski definition) is 6. The Morgan fingerprint density at radius 1 is 1.34 bits per heavy atom. The summed E-state index contributed by atoms with van der Waals surface area (Å²) in [6, 6.07) is 7.56. The summed E-state index contributed by atoms with van der Waals surface area (Å²) in [6.45, 7) is 3.18. The first kappa shape index (κ1) is 18.5. The maximum Gasteiger partial charge on any atom is 0.277 e. The number of benzene rings is 1. The first-order valence-corrected chi connectivity index (χ1v) is 9.23. The number of H-pyrrole nitrogens is 1. The van der Waals surface area contributed by atoms with E-state index in [0.29, 0.717) is 35.9 Å². The van der Waals surface area contributed by atoms with Crippen molar-refractivity contribution in [2.24, 2.45) is 5.73 Å². The second kappa shape index (κ2) is 7.30. The van der Waals surface area contributed by atoms with E-state index in [1.54, 1.807) is 13.3 Å². The highest BCUT2D eigenvalue weighted by Gasteiger charge is 2.26. The summed E-state index contributed by atoms with van der Waals surface area (Å²) >= 11 is 0. The van der Waals surface area contributed by atoms with Gasteiger partial charge in [-0.05, 0) is 25.1 Å². The zero-order valence-corrected chi connectivity index (χ0v) is 16.3. The SMILES string of the molecule is CCn1c(CNc2nc3cc[nH]c3nc2N)[n+](CC(N)=O)c2ccc(OC)cc21. The van der Waals surface area contributed by atoms with Crippen LogP contribution in [0, 0.1) is 0 Å². The molecule has 29 heavy (non-hydrogen) atoms. The molecule has 0 saturated heterocycles. The van der Waals surface area contributed by atoms with Crippen LogP contribution in [0.3, 0.4) is 0 Å². The zero-order valence-electron chi connectivity index (χ0n) is 16.3. The monoisotopic (exact) mass is 395 g/mol. The molecule has 0 radical (unpaired) electrons. The number of methoxy groups -OCH3 is 1. The average molecular weight is 395 g/mol. The van der Waals surface area contributed by atoms with Gasteiger partial charge >= 0.3 is 0 Å².